The minimum Gasteiger partial charge on any atom is -0.481 e. The molecule has 2 aromatic heterocycles. The molecule has 31 heavy (non-hydrogen) atoms. The van der Waals surface area contributed by atoms with Crippen molar-refractivity contribution in [3.8, 4) is 5.88 Å². The zero-order valence-corrected chi connectivity index (χ0v) is 17.5. The van der Waals surface area contributed by atoms with Crippen LogP contribution < -0.4 is 15.9 Å². The highest BCUT2D eigenvalue weighted by Crippen LogP contribution is 2.39. The number of aromatic nitrogens is 4. The molecule has 2 aliphatic rings. The van der Waals surface area contributed by atoms with Gasteiger partial charge in [-0.05, 0) is 24.6 Å². The SMILES string of the molecule is COc1ncccc1CN1CCC2(Cc3nn(Cc4ccccc4)c(=O)c(=O)n3C2)C1. The third-order valence-electron chi connectivity index (χ3n) is 6.37. The molecule has 0 saturated carbocycles. The van der Waals surface area contributed by atoms with E-state index in [0.717, 1.165) is 37.2 Å². The summed E-state index contributed by atoms with van der Waals surface area (Å²) in [5.74, 6) is 1.36. The summed E-state index contributed by atoms with van der Waals surface area (Å²) < 4.78 is 8.29. The highest BCUT2D eigenvalue weighted by atomic mass is 16.5. The van der Waals surface area contributed by atoms with Crippen LogP contribution in [0, 0.1) is 5.41 Å². The lowest BCUT2D eigenvalue weighted by Crippen LogP contribution is -2.43. The fraction of sp³-hybridized carbons (Fsp3) is 0.391. The molecule has 8 nitrogen and oxygen atoms in total. The van der Waals surface area contributed by atoms with Crippen molar-refractivity contribution in [2.75, 3.05) is 20.2 Å². The Kier molecular flexibility index (Phi) is 4.94. The number of hydrogen-bond donors (Lipinski definition) is 0. The van der Waals surface area contributed by atoms with Gasteiger partial charge in [-0.25, -0.2) is 9.67 Å². The van der Waals surface area contributed by atoms with Gasteiger partial charge in [-0.3, -0.25) is 19.1 Å². The van der Waals surface area contributed by atoms with Crippen LogP contribution in [0.3, 0.4) is 0 Å². The van der Waals surface area contributed by atoms with E-state index in [1.165, 1.54) is 4.68 Å². The summed E-state index contributed by atoms with van der Waals surface area (Å²) in [6.45, 7) is 3.38. The van der Waals surface area contributed by atoms with E-state index in [1.54, 1.807) is 17.9 Å². The number of methoxy groups -OCH3 is 1. The molecular weight excluding hydrogens is 394 g/mol. The minimum absolute atomic E-state index is 0.0625. The number of ether oxygens (including phenoxy) is 1. The molecule has 0 N–H and O–H groups in total. The van der Waals surface area contributed by atoms with E-state index < -0.39 is 11.1 Å². The Balaban J connectivity index is 1.36. The first-order chi connectivity index (χ1) is 15.1. The number of nitrogens with zero attached hydrogens (tertiary/aromatic N) is 5. The molecule has 3 aromatic rings. The second-order valence-corrected chi connectivity index (χ2v) is 8.57. The highest BCUT2D eigenvalue weighted by molar-refractivity contribution is 5.25. The van der Waals surface area contributed by atoms with Gasteiger partial charge in [0.15, 0.2) is 0 Å². The Morgan fingerprint density at radius 3 is 2.68 bits per heavy atom. The Hall–Kier alpha value is -3.26. The van der Waals surface area contributed by atoms with Crippen LogP contribution in [0.2, 0.25) is 0 Å². The molecule has 1 aromatic carbocycles. The highest BCUT2D eigenvalue weighted by Gasteiger charge is 2.44. The predicted molar refractivity (Wildman–Crippen MR) is 115 cm³/mol. The first-order valence-electron chi connectivity index (χ1n) is 10.5. The number of benzene rings is 1. The van der Waals surface area contributed by atoms with Gasteiger partial charge < -0.3 is 4.74 Å². The molecule has 0 bridgehead atoms. The average molecular weight is 419 g/mol. The quantitative estimate of drug-likeness (QED) is 0.580. The fourth-order valence-corrected chi connectivity index (χ4v) is 4.87. The Morgan fingerprint density at radius 1 is 1.03 bits per heavy atom. The van der Waals surface area contributed by atoms with Crippen molar-refractivity contribution in [3.05, 3.63) is 86.3 Å². The number of pyridine rings is 1. The summed E-state index contributed by atoms with van der Waals surface area (Å²) in [7, 11) is 1.63. The lowest BCUT2D eigenvalue weighted by molar-refractivity contribution is 0.243. The van der Waals surface area contributed by atoms with Crippen molar-refractivity contribution in [3.63, 3.8) is 0 Å². The van der Waals surface area contributed by atoms with Crippen LogP contribution in [0.1, 0.15) is 23.4 Å². The molecule has 1 spiro atoms. The predicted octanol–water partition coefficient (Wildman–Crippen LogP) is 1.31. The summed E-state index contributed by atoms with van der Waals surface area (Å²) in [4.78, 5) is 32.1. The first-order valence-corrected chi connectivity index (χ1v) is 10.5. The van der Waals surface area contributed by atoms with E-state index in [1.807, 2.05) is 42.5 Å². The number of fused-ring (bicyclic) bond motifs is 1. The Labute approximate surface area is 179 Å². The third-order valence-corrected chi connectivity index (χ3v) is 6.37. The van der Waals surface area contributed by atoms with Crippen LogP contribution in [-0.4, -0.2) is 44.4 Å². The summed E-state index contributed by atoms with van der Waals surface area (Å²) in [6.07, 6.45) is 3.40. The van der Waals surface area contributed by atoms with Crippen LogP contribution in [0.5, 0.6) is 5.88 Å². The zero-order valence-electron chi connectivity index (χ0n) is 17.5. The van der Waals surface area contributed by atoms with Crippen LogP contribution in [-0.2, 0) is 26.1 Å². The van der Waals surface area contributed by atoms with Gasteiger partial charge in [-0.2, -0.15) is 5.10 Å². The molecule has 5 rings (SSSR count). The third kappa shape index (κ3) is 3.67. The van der Waals surface area contributed by atoms with Crippen molar-refractivity contribution < 1.29 is 4.74 Å². The molecule has 8 heteroatoms. The van der Waals surface area contributed by atoms with Crippen molar-refractivity contribution >= 4 is 0 Å². The maximum atomic E-state index is 12.8. The molecule has 160 valence electrons. The summed E-state index contributed by atoms with van der Waals surface area (Å²) in [6, 6.07) is 13.6. The van der Waals surface area contributed by atoms with Crippen LogP contribution in [0.4, 0.5) is 0 Å². The monoisotopic (exact) mass is 419 g/mol. The maximum absolute atomic E-state index is 12.8. The number of rotatable bonds is 5. The van der Waals surface area contributed by atoms with E-state index in [2.05, 4.69) is 15.0 Å². The summed E-state index contributed by atoms with van der Waals surface area (Å²) in [5, 5.41) is 4.58. The van der Waals surface area contributed by atoms with Crippen molar-refractivity contribution in [2.24, 2.45) is 5.41 Å². The largest absolute Gasteiger partial charge is 0.481 e. The van der Waals surface area contributed by atoms with Gasteiger partial charge >= 0.3 is 11.1 Å². The zero-order chi connectivity index (χ0) is 21.4. The van der Waals surface area contributed by atoms with Crippen molar-refractivity contribution in [1.29, 1.82) is 0 Å². The Morgan fingerprint density at radius 2 is 1.87 bits per heavy atom. The number of hydrogen-bond acceptors (Lipinski definition) is 6. The van der Waals surface area contributed by atoms with Crippen LogP contribution in [0.15, 0.2) is 58.3 Å². The molecule has 4 heterocycles. The molecule has 0 aliphatic carbocycles. The molecule has 0 amide bonds. The van der Waals surface area contributed by atoms with Gasteiger partial charge in [-0.15, -0.1) is 0 Å². The lowest BCUT2D eigenvalue weighted by Gasteiger charge is -2.23. The van der Waals surface area contributed by atoms with Gasteiger partial charge in [0, 0.05) is 43.2 Å². The maximum Gasteiger partial charge on any atom is 0.332 e. The normalized spacial score (nSPS) is 20.3. The van der Waals surface area contributed by atoms with E-state index in [-0.39, 0.29) is 5.41 Å². The number of likely N-dealkylation sites (tertiary alicyclic amines) is 1. The molecule has 1 saturated heterocycles. The second kappa shape index (κ2) is 7.77. The van der Waals surface area contributed by atoms with Crippen LogP contribution in [0.25, 0.3) is 0 Å². The molecule has 1 atom stereocenters. The fourth-order valence-electron chi connectivity index (χ4n) is 4.87. The minimum atomic E-state index is -0.556. The Bertz CT molecular complexity index is 1220. The van der Waals surface area contributed by atoms with Crippen LogP contribution >= 0.6 is 0 Å². The van der Waals surface area contributed by atoms with Gasteiger partial charge in [0.05, 0.1) is 13.7 Å². The smallest absolute Gasteiger partial charge is 0.332 e. The molecule has 1 unspecified atom stereocenters. The molecule has 1 fully saturated rings. The van der Waals surface area contributed by atoms with E-state index >= 15 is 0 Å². The van der Waals surface area contributed by atoms with Crippen molar-refractivity contribution in [1.82, 2.24) is 24.2 Å². The van der Waals surface area contributed by atoms with Gasteiger partial charge in [0.2, 0.25) is 5.88 Å². The van der Waals surface area contributed by atoms with Crippen molar-refractivity contribution in [2.45, 2.75) is 32.5 Å². The first kappa shape index (κ1) is 19.7. The van der Waals surface area contributed by atoms with E-state index in [4.69, 9.17) is 4.74 Å². The van der Waals surface area contributed by atoms with E-state index in [9.17, 15) is 9.59 Å². The molecule has 0 radical (unpaired) electrons. The summed E-state index contributed by atoms with van der Waals surface area (Å²) in [5.41, 5.74) is 0.916. The summed E-state index contributed by atoms with van der Waals surface area (Å²) >= 11 is 0. The lowest BCUT2D eigenvalue weighted by atomic mass is 9.86. The van der Waals surface area contributed by atoms with Gasteiger partial charge in [0.1, 0.15) is 5.82 Å². The topological polar surface area (TPSA) is 82.2 Å². The molecular formula is C23H25N5O3. The van der Waals surface area contributed by atoms with E-state index in [0.29, 0.717) is 31.2 Å². The van der Waals surface area contributed by atoms with Gasteiger partial charge in [-0.1, -0.05) is 36.4 Å². The standard InChI is InChI=1S/C23H25N5O3/c1-31-20-18(8-5-10-24-20)14-26-11-9-23(15-26)12-19-25-28(13-17-6-3-2-4-7-17)22(30)21(29)27(19)16-23/h2-8,10H,9,11-16H2,1H3. The average Bonchev–Trinajstić information content (AvgIpc) is 3.35. The van der Waals surface area contributed by atoms with Gasteiger partial charge in [0.25, 0.3) is 0 Å². The second-order valence-electron chi connectivity index (χ2n) is 8.57. The molecule has 2 aliphatic heterocycles.